The molecule has 0 heterocycles. The van der Waals surface area contributed by atoms with Crippen molar-refractivity contribution in [1.82, 2.24) is 0 Å². The molecule has 0 aromatic heterocycles. The molecule has 0 aromatic rings. The van der Waals surface area contributed by atoms with Crippen molar-refractivity contribution in [1.29, 1.82) is 0 Å². The zero-order chi connectivity index (χ0) is 13.6. The van der Waals surface area contributed by atoms with Crippen LogP contribution in [0.2, 0.25) is 0 Å². The lowest BCUT2D eigenvalue weighted by molar-refractivity contribution is -0.140. The van der Waals surface area contributed by atoms with Crippen molar-refractivity contribution in [2.45, 2.75) is 71.6 Å². The fourth-order valence-corrected chi connectivity index (χ4v) is 1.78. The van der Waals surface area contributed by atoms with Crippen LogP contribution in [-0.4, -0.2) is 13.1 Å². The van der Waals surface area contributed by atoms with E-state index >= 15 is 0 Å². The van der Waals surface area contributed by atoms with Crippen molar-refractivity contribution in [2.24, 2.45) is 5.92 Å². The summed E-state index contributed by atoms with van der Waals surface area (Å²) in [6, 6.07) is 0. The van der Waals surface area contributed by atoms with Gasteiger partial charge in [-0.1, -0.05) is 51.7 Å². The van der Waals surface area contributed by atoms with Crippen LogP contribution in [-0.2, 0) is 9.53 Å². The Bertz CT molecular complexity index is 221. The Balaban J connectivity index is 3.18. The normalized spacial score (nSPS) is 12.8. The Morgan fingerprint density at radius 3 is 2.44 bits per heavy atom. The second kappa shape index (κ2) is 12.7. The molecule has 0 aromatic carbocycles. The van der Waals surface area contributed by atoms with Crippen molar-refractivity contribution < 1.29 is 9.53 Å². The summed E-state index contributed by atoms with van der Waals surface area (Å²) < 4.78 is 4.60. The highest BCUT2D eigenvalue weighted by Gasteiger charge is 1.98. The van der Waals surface area contributed by atoms with Gasteiger partial charge >= 0.3 is 5.97 Å². The largest absolute Gasteiger partial charge is 0.469 e. The third-order valence-electron chi connectivity index (χ3n) is 3.38. The number of unbranched alkanes of at least 4 members (excludes halogenated alkanes) is 5. The summed E-state index contributed by atoms with van der Waals surface area (Å²) in [4.78, 5) is 10.9. The molecule has 1 atom stereocenters. The number of ether oxygens (including phenoxy) is 1. The molecule has 0 spiro atoms. The maximum atomic E-state index is 10.9. The average molecular weight is 254 g/mol. The Morgan fingerprint density at radius 2 is 1.78 bits per heavy atom. The van der Waals surface area contributed by atoms with Crippen LogP contribution in [0.25, 0.3) is 0 Å². The van der Waals surface area contributed by atoms with Crippen LogP contribution >= 0.6 is 0 Å². The monoisotopic (exact) mass is 254 g/mol. The smallest absolute Gasteiger partial charge is 0.305 e. The summed E-state index contributed by atoms with van der Waals surface area (Å²) in [7, 11) is 1.45. The Morgan fingerprint density at radius 1 is 1.11 bits per heavy atom. The molecule has 0 saturated heterocycles. The molecule has 2 heteroatoms. The Kier molecular flexibility index (Phi) is 12.1. The molecule has 0 saturated carbocycles. The van der Waals surface area contributed by atoms with Gasteiger partial charge in [-0.2, -0.15) is 0 Å². The molecule has 0 aliphatic heterocycles. The molecule has 0 N–H and O–H groups in total. The maximum Gasteiger partial charge on any atom is 0.305 e. The third-order valence-corrected chi connectivity index (χ3v) is 3.38. The van der Waals surface area contributed by atoms with Gasteiger partial charge in [0.25, 0.3) is 0 Å². The fourth-order valence-electron chi connectivity index (χ4n) is 1.78. The summed E-state index contributed by atoms with van der Waals surface area (Å²) in [5.41, 5.74) is 0. The lowest BCUT2D eigenvalue weighted by Crippen LogP contribution is -1.99. The van der Waals surface area contributed by atoms with Gasteiger partial charge < -0.3 is 4.74 Å². The Hall–Kier alpha value is -0.790. The predicted octanol–water partition coefficient (Wildman–Crippen LogP) is 4.88. The topological polar surface area (TPSA) is 26.3 Å². The predicted molar refractivity (Wildman–Crippen MR) is 77.5 cm³/mol. The van der Waals surface area contributed by atoms with E-state index in [1.54, 1.807) is 0 Å². The van der Waals surface area contributed by atoms with E-state index in [1.165, 1.54) is 45.6 Å². The number of esters is 1. The number of hydrogen-bond acceptors (Lipinski definition) is 2. The first-order chi connectivity index (χ1) is 8.70. The summed E-state index contributed by atoms with van der Waals surface area (Å²) in [6.45, 7) is 4.54. The van der Waals surface area contributed by atoms with E-state index in [-0.39, 0.29) is 5.97 Å². The summed E-state index contributed by atoms with van der Waals surface area (Å²) in [6.07, 6.45) is 14.8. The van der Waals surface area contributed by atoms with Crippen molar-refractivity contribution >= 4 is 5.97 Å². The molecule has 0 fully saturated rings. The van der Waals surface area contributed by atoms with Gasteiger partial charge in [-0.05, 0) is 31.6 Å². The van der Waals surface area contributed by atoms with Crippen LogP contribution in [0.4, 0.5) is 0 Å². The first kappa shape index (κ1) is 17.2. The van der Waals surface area contributed by atoms with Gasteiger partial charge in [-0.25, -0.2) is 0 Å². The van der Waals surface area contributed by atoms with Crippen LogP contribution < -0.4 is 0 Å². The number of carbonyl (C=O) groups is 1. The highest BCUT2D eigenvalue weighted by atomic mass is 16.5. The number of carbonyl (C=O) groups excluding carboxylic acids is 1. The molecule has 0 aliphatic carbocycles. The van der Waals surface area contributed by atoms with Crippen molar-refractivity contribution in [2.75, 3.05) is 7.11 Å². The first-order valence-corrected chi connectivity index (χ1v) is 7.42. The fraction of sp³-hybridized carbons (Fsp3) is 0.812. The SMILES string of the molecule is CCC(C)C/C=C/CCCCCCCC(=O)OC. The zero-order valence-electron chi connectivity index (χ0n) is 12.4. The second-order valence-electron chi connectivity index (χ2n) is 5.10. The van der Waals surface area contributed by atoms with Gasteiger partial charge in [0.05, 0.1) is 7.11 Å². The summed E-state index contributed by atoms with van der Waals surface area (Å²) in [5, 5.41) is 0. The van der Waals surface area contributed by atoms with E-state index in [4.69, 9.17) is 0 Å². The molecule has 18 heavy (non-hydrogen) atoms. The van der Waals surface area contributed by atoms with Gasteiger partial charge in [0.2, 0.25) is 0 Å². The lowest BCUT2D eigenvalue weighted by atomic mass is 10.0. The van der Waals surface area contributed by atoms with Crippen LogP contribution in [0.15, 0.2) is 12.2 Å². The second-order valence-corrected chi connectivity index (χ2v) is 5.10. The van der Waals surface area contributed by atoms with Crippen molar-refractivity contribution in [3.8, 4) is 0 Å². The van der Waals surface area contributed by atoms with E-state index in [1.807, 2.05) is 0 Å². The minimum Gasteiger partial charge on any atom is -0.469 e. The standard InChI is InChI=1S/C16H30O2/c1-4-15(2)13-11-9-7-5-6-8-10-12-14-16(17)18-3/h9,11,15H,4-8,10,12-14H2,1-3H3/b11-9+. The lowest BCUT2D eigenvalue weighted by Gasteiger charge is -2.02. The van der Waals surface area contributed by atoms with Crippen LogP contribution in [0.1, 0.15) is 71.6 Å². The zero-order valence-corrected chi connectivity index (χ0v) is 12.4. The van der Waals surface area contributed by atoms with Gasteiger partial charge in [0.1, 0.15) is 0 Å². The van der Waals surface area contributed by atoms with E-state index in [9.17, 15) is 4.79 Å². The van der Waals surface area contributed by atoms with Gasteiger partial charge in [0, 0.05) is 6.42 Å². The quantitative estimate of drug-likeness (QED) is 0.298. The molecule has 0 amide bonds. The van der Waals surface area contributed by atoms with Crippen LogP contribution in [0.3, 0.4) is 0 Å². The molecule has 0 bridgehead atoms. The van der Waals surface area contributed by atoms with Gasteiger partial charge in [-0.15, -0.1) is 0 Å². The highest BCUT2D eigenvalue weighted by Crippen LogP contribution is 2.10. The maximum absolute atomic E-state index is 10.9. The third kappa shape index (κ3) is 11.7. The highest BCUT2D eigenvalue weighted by molar-refractivity contribution is 5.68. The van der Waals surface area contributed by atoms with Gasteiger partial charge in [0.15, 0.2) is 0 Å². The molecule has 106 valence electrons. The number of methoxy groups -OCH3 is 1. The van der Waals surface area contributed by atoms with Crippen LogP contribution in [0, 0.1) is 5.92 Å². The molecule has 0 aliphatic rings. The number of hydrogen-bond donors (Lipinski definition) is 0. The molecule has 0 rings (SSSR count). The summed E-state index contributed by atoms with van der Waals surface area (Å²) in [5.74, 6) is 0.738. The number of allylic oxidation sites excluding steroid dienone is 2. The molecular formula is C16H30O2. The molecule has 2 nitrogen and oxygen atoms in total. The molecular weight excluding hydrogens is 224 g/mol. The first-order valence-electron chi connectivity index (χ1n) is 7.42. The van der Waals surface area contributed by atoms with E-state index in [0.717, 1.165) is 18.8 Å². The number of rotatable bonds is 11. The van der Waals surface area contributed by atoms with Gasteiger partial charge in [-0.3, -0.25) is 4.79 Å². The van der Waals surface area contributed by atoms with Crippen LogP contribution in [0.5, 0.6) is 0 Å². The van der Waals surface area contributed by atoms with E-state index in [2.05, 4.69) is 30.7 Å². The molecule has 0 radical (unpaired) electrons. The average Bonchev–Trinajstić information content (AvgIpc) is 2.40. The van der Waals surface area contributed by atoms with E-state index < -0.39 is 0 Å². The Labute approximate surface area is 113 Å². The minimum absolute atomic E-state index is 0.0806. The van der Waals surface area contributed by atoms with Crippen molar-refractivity contribution in [3.05, 3.63) is 12.2 Å². The molecule has 1 unspecified atom stereocenters. The minimum atomic E-state index is -0.0806. The summed E-state index contributed by atoms with van der Waals surface area (Å²) >= 11 is 0. The van der Waals surface area contributed by atoms with Crippen molar-refractivity contribution in [3.63, 3.8) is 0 Å². The van der Waals surface area contributed by atoms with E-state index in [0.29, 0.717) is 6.42 Å².